The minimum absolute atomic E-state index is 0.0444. The summed E-state index contributed by atoms with van der Waals surface area (Å²) >= 11 is 0. The second-order valence-electron chi connectivity index (χ2n) is 7.95. The molecule has 2 rings (SSSR count). The standard InChI is InChI=1S/C24H36N2O5/c1-4-6-8-10-11-13-17-31-23-22(30-3)20-15-14-19(26(28)29)18-21(20)25(24(23)27)16-12-9-7-5-2/h14-15,18H,4-13,16-17H2,1-3H3. The Kier molecular flexibility index (Phi) is 10.3. The van der Waals surface area contributed by atoms with Crippen LogP contribution >= 0.6 is 0 Å². The monoisotopic (exact) mass is 432 g/mol. The topological polar surface area (TPSA) is 83.6 Å². The quantitative estimate of drug-likeness (QED) is 0.189. The van der Waals surface area contributed by atoms with E-state index in [0.717, 1.165) is 44.9 Å². The summed E-state index contributed by atoms with van der Waals surface area (Å²) in [6, 6.07) is 4.54. The van der Waals surface area contributed by atoms with Crippen LogP contribution in [0.5, 0.6) is 11.5 Å². The van der Waals surface area contributed by atoms with Crippen molar-refractivity contribution in [1.29, 1.82) is 0 Å². The van der Waals surface area contributed by atoms with E-state index in [0.29, 0.717) is 29.8 Å². The van der Waals surface area contributed by atoms with Gasteiger partial charge in [-0.15, -0.1) is 0 Å². The summed E-state index contributed by atoms with van der Waals surface area (Å²) in [7, 11) is 1.50. The highest BCUT2D eigenvalue weighted by atomic mass is 16.6. The lowest BCUT2D eigenvalue weighted by Gasteiger charge is -2.17. The highest BCUT2D eigenvalue weighted by molar-refractivity contribution is 5.89. The van der Waals surface area contributed by atoms with Crippen molar-refractivity contribution in [3.05, 3.63) is 38.7 Å². The lowest BCUT2D eigenvalue weighted by atomic mass is 10.1. The number of hydrogen-bond donors (Lipinski definition) is 0. The molecule has 0 saturated heterocycles. The van der Waals surface area contributed by atoms with Gasteiger partial charge in [-0.25, -0.2) is 0 Å². The van der Waals surface area contributed by atoms with Gasteiger partial charge in [0.15, 0.2) is 5.75 Å². The van der Waals surface area contributed by atoms with Gasteiger partial charge in [0.05, 0.1) is 24.2 Å². The Hall–Kier alpha value is -2.57. The van der Waals surface area contributed by atoms with Gasteiger partial charge in [-0.3, -0.25) is 14.9 Å². The number of non-ortho nitro benzene ring substituents is 1. The van der Waals surface area contributed by atoms with Gasteiger partial charge in [-0.2, -0.15) is 0 Å². The Morgan fingerprint density at radius 1 is 0.935 bits per heavy atom. The van der Waals surface area contributed by atoms with Crippen molar-refractivity contribution in [3.63, 3.8) is 0 Å². The van der Waals surface area contributed by atoms with E-state index in [4.69, 9.17) is 9.47 Å². The largest absolute Gasteiger partial charge is 0.492 e. The van der Waals surface area contributed by atoms with Crippen LogP contribution in [0.3, 0.4) is 0 Å². The SMILES string of the molecule is CCCCCCCCOc1c(OC)c2ccc([N+](=O)[O-])cc2n(CCCCCC)c1=O. The molecular formula is C24H36N2O5. The van der Waals surface area contributed by atoms with Crippen molar-refractivity contribution in [2.45, 2.75) is 84.6 Å². The predicted molar refractivity (Wildman–Crippen MR) is 124 cm³/mol. The fraction of sp³-hybridized carbons (Fsp3) is 0.625. The molecule has 1 aromatic heterocycles. The molecule has 0 amide bonds. The number of nitro benzene ring substituents is 1. The Bertz CT molecular complexity index is 907. The van der Waals surface area contributed by atoms with E-state index in [1.54, 1.807) is 10.6 Å². The molecule has 0 spiro atoms. The van der Waals surface area contributed by atoms with Crippen LogP contribution < -0.4 is 15.0 Å². The first-order chi connectivity index (χ1) is 15.0. The predicted octanol–water partition coefficient (Wildman–Crippen LogP) is 6.24. The molecule has 172 valence electrons. The molecule has 0 saturated carbocycles. The van der Waals surface area contributed by atoms with E-state index in [1.165, 1.54) is 38.5 Å². The molecule has 0 radical (unpaired) electrons. The Labute approximate surface area is 184 Å². The molecule has 0 N–H and O–H groups in total. The first kappa shape index (κ1) is 24.7. The number of fused-ring (bicyclic) bond motifs is 1. The Morgan fingerprint density at radius 3 is 2.23 bits per heavy atom. The average Bonchev–Trinajstić information content (AvgIpc) is 2.77. The van der Waals surface area contributed by atoms with Crippen LogP contribution in [0.1, 0.15) is 78.1 Å². The van der Waals surface area contributed by atoms with Gasteiger partial charge in [-0.05, 0) is 18.9 Å². The van der Waals surface area contributed by atoms with E-state index < -0.39 is 4.92 Å². The smallest absolute Gasteiger partial charge is 0.297 e. The fourth-order valence-electron chi connectivity index (χ4n) is 3.81. The number of ether oxygens (including phenoxy) is 2. The normalized spacial score (nSPS) is 11.1. The van der Waals surface area contributed by atoms with Crippen molar-refractivity contribution in [2.75, 3.05) is 13.7 Å². The molecule has 1 heterocycles. The van der Waals surface area contributed by atoms with Gasteiger partial charge in [-0.1, -0.05) is 65.2 Å². The maximum atomic E-state index is 13.3. The highest BCUT2D eigenvalue weighted by Crippen LogP contribution is 2.34. The minimum Gasteiger partial charge on any atom is -0.492 e. The molecule has 0 bridgehead atoms. The maximum Gasteiger partial charge on any atom is 0.297 e. The molecule has 0 atom stereocenters. The second kappa shape index (κ2) is 13.0. The average molecular weight is 433 g/mol. The lowest BCUT2D eigenvalue weighted by Crippen LogP contribution is -2.24. The van der Waals surface area contributed by atoms with Crippen molar-refractivity contribution in [2.24, 2.45) is 0 Å². The summed E-state index contributed by atoms with van der Waals surface area (Å²) in [5.74, 6) is 0.554. The van der Waals surface area contributed by atoms with Crippen LogP contribution in [0.25, 0.3) is 10.9 Å². The zero-order chi connectivity index (χ0) is 22.6. The highest BCUT2D eigenvalue weighted by Gasteiger charge is 2.21. The number of hydrogen-bond acceptors (Lipinski definition) is 5. The van der Waals surface area contributed by atoms with Crippen LogP contribution in [0, 0.1) is 10.1 Å². The molecule has 0 fully saturated rings. The number of benzene rings is 1. The summed E-state index contributed by atoms with van der Waals surface area (Å²) in [5, 5.41) is 11.9. The van der Waals surface area contributed by atoms with Crippen LogP contribution in [-0.4, -0.2) is 23.2 Å². The molecule has 0 unspecified atom stereocenters. The fourth-order valence-corrected chi connectivity index (χ4v) is 3.81. The molecule has 0 aliphatic rings. The second-order valence-corrected chi connectivity index (χ2v) is 7.95. The van der Waals surface area contributed by atoms with Crippen LogP contribution in [0.15, 0.2) is 23.0 Å². The Balaban J connectivity index is 2.34. The zero-order valence-corrected chi connectivity index (χ0v) is 19.2. The molecule has 0 aliphatic carbocycles. The summed E-state index contributed by atoms with van der Waals surface area (Å²) in [4.78, 5) is 24.1. The molecule has 31 heavy (non-hydrogen) atoms. The number of rotatable bonds is 15. The molecule has 7 heteroatoms. The van der Waals surface area contributed by atoms with Gasteiger partial charge in [0.1, 0.15) is 0 Å². The number of pyridine rings is 1. The number of methoxy groups -OCH3 is 1. The first-order valence-electron chi connectivity index (χ1n) is 11.6. The van der Waals surface area contributed by atoms with Gasteiger partial charge in [0, 0.05) is 24.1 Å². The van der Waals surface area contributed by atoms with Crippen LogP contribution in [0.2, 0.25) is 0 Å². The van der Waals surface area contributed by atoms with Crippen molar-refractivity contribution in [1.82, 2.24) is 4.57 Å². The van der Waals surface area contributed by atoms with Gasteiger partial charge >= 0.3 is 0 Å². The summed E-state index contributed by atoms with van der Waals surface area (Å²) in [6.45, 7) is 5.27. The Morgan fingerprint density at radius 2 is 1.58 bits per heavy atom. The molecule has 7 nitrogen and oxygen atoms in total. The number of aromatic nitrogens is 1. The number of aryl methyl sites for hydroxylation is 1. The summed E-state index contributed by atoms with van der Waals surface area (Å²) < 4.78 is 13.1. The van der Waals surface area contributed by atoms with Gasteiger partial charge < -0.3 is 14.0 Å². The van der Waals surface area contributed by atoms with Crippen molar-refractivity contribution in [3.8, 4) is 11.5 Å². The number of unbranched alkanes of at least 4 members (excludes halogenated alkanes) is 8. The van der Waals surface area contributed by atoms with E-state index in [9.17, 15) is 14.9 Å². The van der Waals surface area contributed by atoms with Crippen molar-refractivity contribution >= 4 is 16.6 Å². The molecule has 1 aromatic carbocycles. The zero-order valence-electron chi connectivity index (χ0n) is 19.2. The maximum absolute atomic E-state index is 13.3. The van der Waals surface area contributed by atoms with E-state index in [-0.39, 0.29) is 17.0 Å². The van der Waals surface area contributed by atoms with E-state index in [2.05, 4.69) is 13.8 Å². The summed E-state index contributed by atoms with van der Waals surface area (Å²) in [6.07, 6.45) is 10.8. The number of nitro groups is 1. The molecule has 2 aromatic rings. The molecular weight excluding hydrogens is 396 g/mol. The third kappa shape index (κ3) is 6.71. The summed E-state index contributed by atoms with van der Waals surface area (Å²) in [5.41, 5.74) is 0.184. The van der Waals surface area contributed by atoms with Crippen molar-refractivity contribution < 1.29 is 14.4 Å². The van der Waals surface area contributed by atoms with E-state index in [1.807, 2.05) is 0 Å². The lowest BCUT2D eigenvalue weighted by molar-refractivity contribution is -0.384. The minimum atomic E-state index is -0.444. The van der Waals surface area contributed by atoms with Crippen LogP contribution in [-0.2, 0) is 6.54 Å². The third-order valence-electron chi connectivity index (χ3n) is 5.56. The van der Waals surface area contributed by atoms with Gasteiger partial charge in [0.2, 0.25) is 5.75 Å². The van der Waals surface area contributed by atoms with Crippen LogP contribution in [0.4, 0.5) is 5.69 Å². The number of nitrogens with zero attached hydrogens (tertiary/aromatic N) is 2. The first-order valence-corrected chi connectivity index (χ1v) is 11.6. The van der Waals surface area contributed by atoms with Gasteiger partial charge in [0.25, 0.3) is 11.2 Å². The van der Waals surface area contributed by atoms with E-state index >= 15 is 0 Å². The molecule has 0 aliphatic heterocycles. The third-order valence-corrected chi connectivity index (χ3v) is 5.56.